The van der Waals surface area contributed by atoms with Crippen LogP contribution in [0.15, 0.2) is 0 Å². The number of hydrogen-bond donors (Lipinski definition) is 0. The molecule has 17 heavy (non-hydrogen) atoms. The third-order valence-electron chi connectivity index (χ3n) is 0. The Labute approximate surface area is 589 Å². The van der Waals surface area contributed by atoms with Crippen LogP contribution in [0.3, 0.4) is 0 Å². The van der Waals surface area contributed by atoms with Crippen molar-refractivity contribution in [3.8, 4) is 0 Å². The molecule has 0 saturated heterocycles. The van der Waals surface area contributed by atoms with Crippen LogP contribution in [-0.2, 0) is 0 Å². The number of hydrogen-bond acceptors (Lipinski definition) is 0. The molecule has 70 valence electrons. The molecule has 0 saturated carbocycles. The van der Waals surface area contributed by atoms with E-state index in [1.54, 1.807) is 0 Å². The first-order valence-corrected chi connectivity index (χ1v) is 0. The first-order valence-electron chi connectivity index (χ1n) is 0. The fourth-order valence-electron chi connectivity index (χ4n) is 0. The predicted octanol–water partition coefficient (Wildman–Crippen LogP) is -36.7. The average Bonchev–Trinajstić information content (AvgIpc) is 0. The summed E-state index contributed by atoms with van der Waals surface area (Å²) in [6.45, 7) is 0. The maximum atomic E-state index is 0. The Morgan fingerprint density at radius 3 is 0.176 bits per heavy atom. The molecular weight excluding hydrogens is 526 g/mol. The van der Waals surface area contributed by atoms with Crippen LogP contribution in [0.5, 0.6) is 0 Å². The van der Waals surface area contributed by atoms with E-state index in [-0.39, 0.29) is 614 Å². The molecule has 0 fully saturated rings. The Morgan fingerprint density at radius 1 is 0.176 bits per heavy atom. The van der Waals surface area contributed by atoms with Crippen molar-refractivity contribution in [1.82, 2.24) is 0 Å². The van der Waals surface area contributed by atoms with Crippen molar-refractivity contribution in [1.29, 1.82) is 0 Å². The quantitative estimate of drug-likeness (QED) is 0.260. The van der Waals surface area contributed by atoms with Crippen molar-refractivity contribution in [2.75, 3.05) is 0 Å². The molecule has 0 heterocycles. The topological polar surface area (TPSA) is 189 Å². The van der Waals surface area contributed by atoms with Gasteiger partial charge >= 0.3 is 565 Å². The largest absolute Gasteiger partial charge is 1.00 e. The second-order valence-electron chi connectivity index (χ2n) is 0. The second-order valence-corrected chi connectivity index (χ2v) is 0. The molecule has 0 aliphatic heterocycles. The fourth-order valence-corrected chi connectivity index (χ4v) is 0. The fraction of sp³-hybridized carbons (Fsp3) is 0. The third kappa shape index (κ3) is 108. The van der Waals surface area contributed by atoms with Crippen LogP contribution in [0.2, 0.25) is 0 Å². The van der Waals surface area contributed by atoms with Gasteiger partial charge in [-0.3, -0.25) is 0 Å². The zero-order valence-electron chi connectivity index (χ0n) is 25.0. The first-order chi connectivity index (χ1) is 0. The molecule has 0 aliphatic carbocycles. The van der Waals surface area contributed by atoms with E-state index >= 15 is 0 Å². The van der Waals surface area contributed by atoms with Crippen molar-refractivity contribution in [2.45, 2.75) is 0 Å². The minimum atomic E-state index is 0. The Balaban J connectivity index is 0. The van der Waals surface area contributed by atoms with Gasteiger partial charge in [-0.25, -0.2) is 0 Å². The molecule has 17 heteroatoms. The summed E-state index contributed by atoms with van der Waals surface area (Å²) in [6, 6.07) is 0. The molecule has 0 radical (unpaired) electrons. The molecule has 12 N–H and O–H groups in total. The van der Waals surface area contributed by atoms with Crippen molar-refractivity contribution in [3.63, 3.8) is 0 Å². The van der Waals surface area contributed by atoms with E-state index < -0.39 is 0 Å². The van der Waals surface area contributed by atoms with Gasteiger partial charge in [-0.1, -0.05) is 0 Å². The molecule has 0 amide bonds. The molecule has 0 unspecified atom stereocenters. The zero-order valence-corrected chi connectivity index (χ0v) is 48.4. The minimum absolute atomic E-state index is 0. The Morgan fingerprint density at radius 2 is 0.176 bits per heavy atom. The monoisotopic (exact) mass is 548 g/mol. The van der Waals surface area contributed by atoms with E-state index in [0.717, 1.165) is 0 Å². The molecule has 0 bridgehead atoms. The molecule has 0 rings (SSSR count). The van der Waals surface area contributed by atoms with Crippen LogP contribution in [0, 0.1) is 0 Å². The van der Waals surface area contributed by atoms with E-state index in [2.05, 4.69) is 0 Å². The summed E-state index contributed by atoms with van der Waals surface area (Å²) >= 11 is 0. The van der Waals surface area contributed by atoms with Crippen LogP contribution in [-0.4, -0.2) is 32.9 Å². The van der Waals surface area contributed by atoms with E-state index in [0.29, 0.717) is 0 Å². The van der Waals surface area contributed by atoms with Crippen LogP contribution >= 0.6 is 0 Å². The maximum absolute atomic E-state index is 0. The first kappa shape index (κ1) is 126. The van der Waals surface area contributed by atoms with Gasteiger partial charge < -0.3 is 48.6 Å². The van der Waals surface area contributed by atoms with Gasteiger partial charge in [-0.05, 0) is 0 Å². The Kier molecular flexibility index (Phi) is 849. The molecule has 0 atom stereocenters. The molecular formula is H23K11O6. The second kappa shape index (κ2) is 115. The Hall–Kier alpha value is 17.8. The van der Waals surface area contributed by atoms with E-state index in [1.807, 2.05) is 0 Å². The molecule has 6 nitrogen and oxygen atoms in total. The molecule has 0 spiro atoms. The smallest absolute Gasteiger partial charge is 1.00 e. The van der Waals surface area contributed by atoms with Gasteiger partial charge in [0, 0.05) is 0 Å². The molecule has 0 aromatic heterocycles. The van der Waals surface area contributed by atoms with Gasteiger partial charge in [0.05, 0.1) is 0 Å². The maximum Gasteiger partial charge on any atom is 1.00 e. The van der Waals surface area contributed by atoms with Crippen molar-refractivity contribution in [3.05, 3.63) is 0 Å². The van der Waals surface area contributed by atoms with Crippen LogP contribution in [0.1, 0.15) is 15.7 Å². The van der Waals surface area contributed by atoms with E-state index in [4.69, 9.17) is 0 Å². The molecule has 0 aliphatic rings. The minimum Gasteiger partial charge on any atom is -1.00 e. The van der Waals surface area contributed by atoms with E-state index in [9.17, 15) is 0 Å². The van der Waals surface area contributed by atoms with Gasteiger partial charge in [0.25, 0.3) is 0 Å². The van der Waals surface area contributed by atoms with Crippen molar-refractivity contribution < 1.29 is 614 Å². The van der Waals surface area contributed by atoms with Gasteiger partial charge in [0.2, 0.25) is 0 Å². The van der Waals surface area contributed by atoms with E-state index in [1.165, 1.54) is 0 Å². The van der Waals surface area contributed by atoms with Crippen LogP contribution in [0.4, 0.5) is 0 Å². The summed E-state index contributed by atoms with van der Waals surface area (Å²) in [4.78, 5) is 0. The normalized spacial score (nSPS) is 0. The summed E-state index contributed by atoms with van der Waals surface area (Å²) in [7, 11) is 0. The average molecular weight is 549 g/mol. The third-order valence-corrected chi connectivity index (χ3v) is 0. The zero-order chi connectivity index (χ0) is 0. The summed E-state index contributed by atoms with van der Waals surface area (Å²) in [5.41, 5.74) is 0. The summed E-state index contributed by atoms with van der Waals surface area (Å²) in [5, 5.41) is 0. The summed E-state index contributed by atoms with van der Waals surface area (Å²) in [6.07, 6.45) is 0. The molecule has 0 aromatic carbocycles. The van der Waals surface area contributed by atoms with Gasteiger partial charge in [-0.2, -0.15) is 0 Å². The number of rotatable bonds is 0. The van der Waals surface area contributed by atoms with Crippen molar-refractivity contribution in [2.24, 2.45) is 0 Å². The van der Waals surface area contributed by atoms with Gasteiger partial charge in [0.1, 0.15) is 0 Å². The SMILES string of the molecule is O.O.O.O.O.O.[H-].[H-].[H-].[H-].[H-].[H-].[H-].[H-].[H-].[H-].[H-].[K+].[K+].[K+].[K+].[K+].[K+].[K+].[K+].[K+].[K+].[K+]. The van der Waals surface area contributed by atoms with Gasteiger partial charge in [0.15, 0.2) is 0 Å². The standard InChI is InChI=1S/11K.6H2O.11H/h;;;;;;;;;;;6*1H2;;;;;;;;;;;/q11*+1;;;;;;;11*-1. The Bertz CT molecular complexity index is 43.0. The summed E-state index contributed by atoms with van der Waals surface area (Å²) in [5.74, 6) is 0. The van der Waals surface area contributed by atoms with Crippen LogP contribution in [0.25, 0.3) is 0 Å². The molecule has 0 aromatic rings. The van der Waals surface area contributed by atoms with Gasteiger partial charge in [-0.15, -0.1) is 0 Å². The predicted molar refractivity (Wildman–Crippen MR) is 33.9 cm³/mol. The summed E-state index contributed by atoms with van der Waals surface area (Å²) < 4.78 is 0. The van der Waals surface area contributed by atoms with Crippen LogP contribution < -0.4 is 565 Å². The van der Waals surface area contributed by atoms with Crippen molar-refractivity contribution >= 4 is 0 Å².